The molecule has 0 bridgehead atoms. The molecule has 1 atom stereocenters. The molecule has 1 aliphatic heterocycles. The van der Waals surface area contributed by atoms with Crippen LogP contribution in [0.15, 0.2) is 33.8 Å². The van der Waals surface area contributed by atoms with Gasteiger partial charge in [-0.3, -0.25) is 14.4 Å². The Kier molecular flexibility index (Phi) is 6.99. The van der Waals surface area contributed by atoms with Crippen LogP contribution in [0.2, 0.25) is 0 Å². The zero-order valence-corrected chi connectivity index (χ0v) is 18.5. The third kappa shape index (κ3) is 4.20. The van der Waals surface area contributed by atoms with E-state index >= 15 is 0 Å². The smallest absolute Gasteiger partial charge is 0.261 e. The van der Waals surface area contributed by atoms with E-state index in [2.05, 4.69) is 15.9 Å². The van der Waals surface area contributed by atoms with Crippen molar-refractivity contribution < 1.29 is 19.1 Å². The summed E-state index contributed by atoms with van der Waals surface area (Å²) < 4.78 is 6.64. The number of ether oxygens (including phenoxy) is 1. The third-order valence-electron chi connectivity index (χ3n) is 4.91. The van der Waals surface area contributed by atoms with E-state index in [0.717, 1.165) is 25.0 Å². The summed E-state index contributed by atoms with van der Waals surface area (Å²) in [7, 11) is 0. The minimum Gasteiger partial charge on any atom is -0.480 e. The summed E-state index contributed by atoms with van der Waals surface area (Å²) in [4.78, 5) is 39.2. The van der Waals surface area contributed by atoms with Gasteiger partial charge in [0.05, 0.1) is 10.2 Å². The van der Waals surface area contributed by atoms with Gasteiger partial charge in [0.2, 0.25) is 5.12 Å². The monoisotopic (exact) mass is 465 g/mol. The largest absolute Gasteiger partial charge is 0.480 e. The average molecular weight is 466 g/mol. The van der Waals surface area contributed by atoms with Gasteiger partial charge in [0.1, 0.15) is 5.75 Å². The molecule has 1 aromatic carbocycles. The van der Waals surface area contributed by atoms with Crippen LogP contribution in [-0.2, 0) is 14.4 Å². The summed E-state index contributed by atoms with van der Waals surface area (Å²) in [5.41, 5.74) is 1.78. The normalized spacial score (nSPS) is 17.8. The molecule has 5 nitrogen and oxygen atoms in total. The van der Waals surface area contributed by atoms with Crippen molar-refractivity contribution in [3.05, 3.63) is 33.8 Å². The first-order valence-electron chi connectivity index (χ1n) is 9.71. The van der Waals surface area contributed by atoms with Crippen molar-refractivity contribution in [2.24, 2.45) is 0 Å². The Morgan fingerprint density at radius 2 is 1.82 bits per heavy atom. The van der Waals surface area contributed by atoms with Crippen molar-refractivity contribution in [3.63, 3.8) is 0 Å². The number of nitrogens with zero attached hydrogens (tertiary/aromatic N) is 1. The van der Waals surface area contributed by atoms with Crippen LogP contribution in [0.25, 0.3) is 0 Å². The number of carbonyl (C=O) groups is 3. The fourth-order valence-corrected chi connectivity index (χ4v) is 4.59. The molecule has 1 unspecified atom stereocenters. The molecule has 3 rings (SSSR count). The minimum atomic E-state index is -0.570. The molecule has 28 heavy (non-hydrogen) atoms. The predicted octanol–water partition coefficient (Wildman–Crippen LogP) is 5.02. The molecule has 0 saturated heterocycles. The first-order valence-corrected chi connectivity index (χ1v) is 11.5. The number of amides is 2. The molecular weight excluding hydrogens is 442 g/mol. The van der Waals surface area contributed by atoms with Crippen molar-refractivity contribution >= 4 is 50.3 Å². The van der Waals surface area contributed by atoms with E-state index < -0.39 is 6.10 Å². The van der Waals surface area contributed by atoms with E-state index in [0.29, 0.717) is 46.3 Å². The Bertz CT molecular complexity index is 808. The number of imide groups is 1. The first-order chi connectivity index (χ1) is 13.5. The summed E-state index contributed by atoms with van der Waals surface area (Å²) in [5, 5.41) is -0.00731. The third-order valence-corrected chi connectivity index (χ3v) is 6.73. The zero-order valence-electron chi connectivity index (χ0n) is 16.1. The van der Waals surface area contributed by atoms with Gasteiger partial charge in [0, 0.05) is 23.0 Å². The van der Waals surface area contributed by atoms with Gasteiger partial charge >= 0.3 is 0 Å². The molecule has 0 N–H and O–H groups in total. The molecule has 2 amide bonds. The second kappa shape index (κ2) is 9.27. The van der Waals surface area contributed by atoms with E-state index in [1.807, 2.05) is 13.8 Å². The van der Waals surface area contributed by atoms with E-state index in [9.17, 15) is 14.4 Å². The van der Waals surface area contributed by atoms with Crippen molar-refractivity contribution in [3.8, 4) is 5.75 Å². The lowest BCUT2D eigenvalue weighted by atomic mass is 9.93. The Morgan fingerprint density at radius 1 is 1.18 bits per heavy atom. The van der Waals surface area contributed by atoms with Gasteiger partial charge in [0.15, 0.2) is 6.10 Å². The maximum absolute atomic E-state index is 12.8. The zero-order chi connectivity index (χ0) is 20.3. The molecule has 2 aliphatic rings. The maximum Gasteiger partial charge on any atom is 0.261 e. The summed E-state index contributed by atoms with van der Waals surface area (Å²) in [6, 6.07) is 5.14. The topological polar surface area (TPSA) is 63.7 Å². The number of benzene rings is 1. The molecule has 0 fully saturated rings. The molecule has 1 aliphatic carbocycles. The highest BCUT2D eigenvalue weighted by Gasteiger charge is 2.39. The molecular formula is C21H24BrNO4S. The Labute approximate surface area is 178 Å². The molecule has 0 spiro atoms. The molecule has 7 heteroatoms. The lowest BCUT2D eigenvalue weighted by Crippen LogP contribution is -2.31. The summed E-state index contributed by atoms with van der Waals surface area (Å²) >= 11 is 4.72. The fraction of sp³-hybridized carbons (Fsp3) is 0.476. The first kappa shape index (κ1) is 21.1. The van der Waals surface area contributed by atoms with Crippen LogP contribution in [0.1, 0.15) is 52.4 Å². The Balaban J connectivity index is 1.83. The molecule has 0 aromatic heterocycles. The Morgan fingerprint density at radius 3 is 2.39 bits per heavy atom. The van der Waals surface area contributed by atoms with Crippen LogP contribution >= 0.6 is 27.7 Å². The van der Waals surface area contributed by atoms with Gasteiger partial charge in [-0.05, 0) is 66.6 Å². The van der Waals surface area contributed by atoms with Crippen LogP contribution in [0.5, 0.6) is 5.75 Å². The highest BCUT2D eigenvalue weighted by atomic mass is 79.9. The van der Waals surface area contributed by atoms with Gasteiger partial charge in [-0.1, -0.05) is 25.6 Å². The fourth-order valence-electron chi connectivity index (χ4n) is 3.44. The highest BCUT2D eigenvalue weighted by molar-refractivity contribution is 9.10. The number of anilines is 1. The number of hydrogen-bond acceptors (Lipinski definition) is 5. The lowest BCUT2D eigenvalue weighted by Gasteiger charge is -2.20. The van der Waals surface area contributed by atoms with Crippen LogP contribution in [0.4, 0.5) is 5.69 Å². The number of rotatable bonds is 7. The standard InChI is InChI=1S/C21H24BrNO4S/c1-3-11-28-21(26)17(4-2)27-18-12-13(9-10-16(18)22)23-19(24)14-7-5-6-8-15(14)20(23)25/h9-10,12,17H,3-8,11H2,1-2H3. The van der Waals surface area contributed by atoms with E-state index in [4.69, 9.17) is 4.74 Å². The van der Waals surface area contributed by atoms with Crippen molar-refractivity contribution in [1.82, 2.24) is 0 Å². The average Bonchev–Trinajstić information content (AvgIpc) is 2.96. The number of thioether (sulfide) groups is 1. The number of carbonyl (C=O) groups excluding carboxylic acids is 3. The second-order valence-corrected chi connectivity index (χ2v) is 8.86. The van der Waals surface area contributed by atoms with Gasteiger partial charge in [-0.15, -0.1) is 0 Å². The van der Waals surface area contributed by atoms with E-state index in [1.54, 1.807) is 18.2 Å². The van der Waals surface area contributed by atoms with E-state index in [-0.39, 0.29) is 16.9 Å². The number of hydrogen-bond donors (Lipinski definition) is 0. The number of halogens is 1. The molecule has 0 radical (unpaired) electrons. The van der Waals surface area contributed by atoms with E-state index in [1.165, 1.54) is 16.7 Å². The molecule has 0 saturated carbocycles. The molecule has 1 heterocycles. The van der Waals surface area contributed by atoms with Crippen molar-refractivity contribution in [2.45, 2.75) is 58.5 Å². The summed E-state index contributed by atoms with van der Waals surface area (Å²) in [6.45, 7) is 3.93. The van der Waals surface area contributed by atoms with Gasteiger partial charge < -0.3 is 4.74 Å². The van der Waals surface area contributed by atoms with Crippen LogP contribution < -0.4 is 9.64 Å². The minimum absolute atomic E-state index is 0.00731. The van der Waals surface area contributed by atoms with Crippen LogP contribution in [0.3, 0.4) is 0 Å². The van der Waals surface area contributed by atoms with Crippen molar-refractivity contribution in [2.75, 3.05) is 10.7 Å². The summed E-state index contributed by atoms with van der Waals surface area (Å²) in [5.74, 6) is 0.762. The maximum atomic E-state index is 12.8. The van der Waals surface area contributed by atoms with Crippen molar-refractivity contribution in [1.29, 1.82) is 0 Å². The molecule has 150 valence electrons. The van der Waals surface area contributed by atoms with Crippen LogP contribution in [-0.4, -0.2) is 28.8 Å². The lowest BCUT2D eigenvalue weighted by molar-refractivity contribution is -0.121. The summed E-state index contributed by atoms with van der Waals surface area (Å²) in [6.07, 6.45) is 4.10. The van der Waals surface area contributed by atoms with Gasteiger partial charge in [-0.25, -0.2) is 4.90 Å². The Hall–Kier alpha value is -1.60. The SMILES string of the molecule is CCCSC(=O)C(CC)Oc1cc(N2C(=O)C3=C(CCCC3)C2=O)ccc1Br. The molecule has 1 aromatic rings. The quantitative estimate of drug-likeness (QED) is 0.528. The predicted molar refractivity (Wildman–Crippen MR) is 115 cm³/mol. The van der Waals surface area contributed by atoms with Crippen LogP contribution in [0, 0.1) is 0 Å². The highest BCUT2D eigenvalue weighted by Crippen LogP contribution is 2.38. The van der Waals surface area contributed by atoms with Gasteiger partial charge in [-0.2, -0.15) is 0 Å². The second-order valence-electron chi connectivity index (χ2n) is 6.91. The van der Waals surface area contributed by atoms with Gasteiger partial charge in [0.25, 0.3) is 11.8 Å².